The molecule has 2 aromatic heterocycles. The topological polar surface area (TPSA) is 82.7 Å². The third-order valence-corrected chi connectivity index (χ3v) is 5.53. The second kappa shape index (κ2) is 8.19. The molecule has 0 spiro atoms. The van der Waals surface area contributed by atoms with Crippen molar-refractivity contribution >= 4 is 5.91 Å². The highest BCUT2D eigenvalue weighted by atomic mass is 16.5. The molecule has 2 aromatic rings. The Balaban J connectivity index is 1.38. The van der Waals surface area contributed by atoms with E-state index in [0.29, 0.717) is 31.7 Å². The van der Waals surface area contributed by atoms with Crippen molar-refractivity contribution in [2.24, 2.45) is 0 Å². The molecular weight excluding hydrogens is 344 g/mol. The van der Waals surface area contributed by atoms with Crippen molar-refractivity contribution in [3.8, 4) is 0 Å². The molecule has 0 radical (unpaired) electrons. The van der Waals surface area contributed by atoms with Crippen LogP contribution in [0.1, 0.15) is 53.5 Å². The molecule has 0 saturated carbocycles. The van der Waals surface area contributed by atoms with Gasteiger partial charge in [-0.15, -0.1) is 0 Å². The lowest BCUT2D eigenvalue weighted by molar-refractivity contribution is 0.0512. The summed E-state index contributed by atoms with van der Waals surface area (Å²) < 4.78 is 5.38. The summed E-state index contributed by atoms with van der Waals surface area (Å²) >= 11 is 0. The average molecular weight is 370 g/mol. The summed E-state index contributed by atoms with van der Waals surface area (Å²) in [6.07, 6.45) is 4.92. The van der Waals surface area contributed by atoms with Crippen molar-refractivity contribution in [1.82, 2.24) is 19.9 Å². The summed E-state index contributed by atoms with van der Waals surface area (Å²) in [5.74, 6) is 0.459. The highest BCUT2D eigenvalue weighted by Crippen LogP contribution is 2.28. The van der Waals surface area contributed by atoms with Crippen LogP contribution in [-0.4, -0.2) is 63.2 Å². The molecule has 2 fully saturated rings. The van der Waals surface area contributed by atoms with E-state index < -0.39 is 0 Å². The van der Waals surface area contributed by atoms with Crippen molar-refractivity contribution in [3.63, 3.8) is 0 Å². The fourth-order valence-electron chi connectivity index (χ4n) is 3.97. The second-order valence-corrected chi connectivity index (χ2v) is 7.53. The van der Waals surface area contributed by atoms with Crippen LogP contribution in [0, 0.1) is 0 Å². The molecule has 4 rings (SSSR count). The molecule has 2 aliphatic rings. The maximum atomic E-state index is 12.6. The standard InChI is InChI=1S/C20H26N4O3/c25-17-6-10-24(11-7-17)20(26)19-12-18(22-27-19)15-4-3-9-23(13-15)14-16-5-1-2-8-21-16/h1-2,5,8,12,15,17,25H,3-4,6-7,9-11,13-14H2/t15-/m0/s1. The Kier molecular flexibility index (Phi) is 5.50. The van der Waals surface area contributed by atoms with Gasteiger partial charge in [0, 0.05) is 44.4 Å². The van der Waals surface area contributed by atoms with Gasteiger partial charge < -0.3 is 14.5 Å². The highest BCUT2D eigenvalue weighted by molar-refractivity contribution is 5.91. The monoisotopic (exact) mass is 370 g/mol. The Morgan fingerprint density at radius 2 is 2.07 bits per heavy atom. The van der Waals surface area contributed by atoms with Crippen molar-refractivity contribution in [1.29, 1.82) is 0 Å². The molecule has 144 valence electrons. The zero-order valence-corrected chi connectivity index (χ0v) is 15.5. The van der Waals surface area contributed by atoms with E-state index >= 15 is 0 Å². The summed E-state index contributed by atoms with van der Waals surface area (Å²) in [6.45, 7) is 3.91. The van der Waals surface area contributed by atoms with E-state index in [4.69, 9.17) is 4.52 Å². The number of aliphatic hydroxyl groups excluding tert-OH is 1. The fraction of sp³-hybridized carbons (Fsp3) is 0.550. The smallest absolute Gasteiger partial charge is 0.292 e. The largest absolute Gasteiger partial charge is 0.393 e. The molecule has 0 bridgehead atoms. The Hall–Kier alpha value is -2.25. The number of nitrogens with zero attached hydrogens (tertiary/aromatic N) is 4. The number of hydrogen-bond donors (Lipinski definition) is 1. The number of pyridine rings is 1. The zero-order chi connectivity index (χ0) is 18.6. The van der Waals surface area contributed by atoms with Crippen molar-refractivity contribution in [3.05, 3.63) is 47.6 Å². The third-order valence-electron chi connectivity index (χ3n) is 5.53. The normalized spacial score (nSPS) is 22.1. The summed E-state index contributed by atoms with van der Waals surface area (Å²) in [5, 5.41) is 13.8. The first-order valence-electron chi connectivity index (χ1n) is 9.75. The summed E-state index contributed by atoms with van der Waals surface area (Å²) in [7, 11) is 0. The number of carbonyl (C=O) groups is 1. The van der Waals surface area contributed by atoms with E-state index in [1.54, 1.807) is 4.90 Å². The maximum absolute atomic E-state index is 12.6. The van der Waals surface area contributed by atoms with Gasteiger partial charge in [0.2, 0.25) is 5.76 Å². The fourth-order valence-corrected chi connectivity index (χ4v) is 3.97. The van der Waals surface area contributed by atoms with E-state index in [-0.39, 0.29) is 17.9 Å². The Morgan fingerprint density at radius 1 is 1.22 bits per heavy atom. The van der Waals surface area contributed by atoms with E-state index in [1.165, 1.54) is 0 Å². The molecule has 27 heavy (non-hydrogen) atoms. The van der Waals surface area contributed by atoms with E-state index in [0.717, 1.165) is 43.9 Å². The van der Waals surface area contributed by atoms with Gasteiger partial charge in [-0.3, -0.25) is 14.7 Å². The minimum Gasteiger partial charge on any atom is -0.393 e. The van der Waals surface area contributed by atoms with E-state index in [1.807, 2.05) is 30.5 Å². The van der Waals surface area contributed by atoms with Crippen LogP contribution in [-0.2, 0) is 6.54 Å². The average Bonchev–Trinajstić information content (AvgIpc) is 3.19. The van der Waals surface area contributed by atoms with Crippen LogP contribution >= 0.6 is 0 Å². The number of aliphatic hydroxyl groups is 1. The zero-order valence-electron chi connectivity index (χ0n) is 15.5. The van der Waals surface area contributed by atoms with E-state index in [9.17, 15) is 9.90 Å². The van der Waals surface area contributed by atoms with Gasteiger partial charge >= 0.3 is 0 Å². The molecule has 1 atom stereocenters. The molecule has 2 saturated heterocycles. The molecular formula is C20H26N4O3. The Labute approximate surface area is 159 Å². The number of aromatic nitrogens is 2. The van der Waals surface area contributed by atoms with Crippen LogP contribution in [0.5, 0.6) is 0 Å². The molecule has 1 N–H and O–H groups in total. The number of amides is 1. The lowest BCUT2D eigenvalue weighted by Crippen LogP contribution is -2.39. The van der Waals surface area contributed by atoms with Gasteiger partial charge in [-0.2, -0.15) is 0 Å². The molecule has 1 amide bonds. The molecule has 2 aliphatic heterocycles. The van der Waals surface area contributed by atoms with Gasteiger partial charge in [0.05, 0.1) is 17.5 Å². The van der Waals surface area contributed by atoms with Crippen molar-refractivity contribution in [2.75, 3.05) is 26.2 Å². The third kappa shape index (κ3) is 4.36. The SMILES string of the molecule is O=C(c1cc([C@H]2CCCN(Cc3ccccn3)C2)no1)N1CCC(O)CC1. The highest BCUT2D eigenvalue weighted by Gasteiger charge is 2.28. The molecule has 0 aromatic carbocycles. The quantitative estimate of drug-likeness (QED) is 0.887. The van der Waals surface area contributed by atoms with Crippen LogP contribution in [0.15, 0.2) is 35.0 Å². The lowest BCUT2D eigenvalue weighted by atomic mass is 9.94. The van der Waals surface area contributed by atoms with Crippen LogP contribution in [0.4, 0.5) is 0 Å². The first kappa shape index (κ1) is 18.1. The van der Waals surface area contributed by atoms with Gasteiger partial charge in [0.1, 0.15) is 0 Å². The van der Waals surface area contributed by atoms with Crippen LogP contribution < -0.4 is 0 Å². The molecule has 7 nitrogen and oxygen atoms in total. The summed E-state index contributed by atoms with van der Waals surface area (Å²) in [4.78, 5) is 21.1. The predicted octanol–water partition coefficient (Wildman–Crippen LogP) is 2.05. The van der Waals surface area contributed by atoms with Crippen LogP contribution in [0.2, 0.25) is 0 Å². The van der Waals surface area contributed by atoms with Crippen LogP contribution in [0.25, 0.3) is 0 Å². The number of likely N-dealkylation sites (tertiary alicyclic amines) is 2. The molecule has 0 aliphatic carbocycles. The van der Waals surface area contributed by atoms with E-state index in [2.05, 4.69) is 15.0 Å². The van der Waals surface area contributed by atoms with Crippen molar-refractivity contribution in [2.45, 2.75) is 44.2 Å². The van der Waals surface area contributed by atoms with Gasteiger partial charge in [-0.25, -0.2) is 0 Å². The first-order valence-corrected chi connectivity index (χ1v) is 9.75. The number of rotatable bonds is 4. The Bertz CT molecular complexity index is 756. The van der Waals surface area contributed by atoms with Gasteiger partial charge in [0.25, 0.3) is 5.91 Å². The second-order valence-electron chi connectivity index (χ2n) is 7.53. The van der Waals surface area contributed by atoms with Crippen LogP contribution in [0.3, 0.4) is 0 Å². The summed E-state index contributed by atoms with van der Waals surface area (Å²) in [6, 6.07) is 7.80. The lowest BCUT2D eigenvalue weighted by Gasteiger charge is -2.31. The number of carbonyl (C=O) groups excluding carboxylic acids is 1. The number of hydrogen-bond acceptors (Lipinski definition) is 6. The van der Waals surface area contributed by atoms with Gasteiger partial charge in [0.15, 0.2) is 0 Å². The first-order chi connectivity index (χ1) is 13.2. The van der Waals surface area contributed by atoms with Gasteiger partial charge in [-0.1, -0.05) is 11.2 Å². The van der Waals surface area contributed by atoms with Crippen molar-refractivity contribution < 1.29 is 14.4 Å². The predicted molar refractivity (Wildman–Crippen MR) is 99.1 cm³/mol. The molecule has 4 heterocycles. The van der Waals surface area contributed by atoms with Gasteiger partial charge in [-0.05, 0) is 44.4 Å². The summed E-state index contributed by atoms with van der Waals surface area (Å²) in [5.41, 5.74) is 1.93. The maximum Gasteiger partial charge on any atom is 0.292 e. The number of piperidine rings is 2. The minimum absolute atomic E-state index is 0.123. The molecule has 0 unspecified atom stereocenters. The Morgan fingerprint density at radius 3 is 2.85 bits per heavy atom. The molecule has 7 heteroatoms. The minimum atomic E-state index is -0.299.